The molecule has 0 bridgehead atoms. The average molecular weight is 411 g/mol. The van der Waals surface area contributed by atoms with Crippen LogP contribution in [0, 0.1) is 0 Å². The molecule has 0 saturated heterocycles. The summed E-state index contributed by atoms with van der Waals surface area (Å²) in [4.78, 5) is 4.82. The second kappa shape index (κ2) is 12.9. The van der Waals surface area contributed by atoms with Crippen LogP contribution < -0.4 is 0 Å². The van der Waals surface area contributed by atoms with Gasteiger partial charge in [0.2, 0.25) is 0 Å². The molecule has 0 aromatic carbocycles. The molecule has 4 heteroatoms. The van der Waals surface area contributed by atoms with E-state index in [-0.39, 0.29) is 0 Å². The molecule has 30 heavy (non-hydrogen) atoms. The summed E-state index contributed by atoms with van der Waals surface area (Å²) in [5.74, 6) is 3.91. The zero-order chi connectivity index (χ0) is 21.8. The predicted octanol–water partition coefficient (Wildman–Crippen LogP) is 7.42. The number of unbranched alkanes of at least 4 members (excludes halogenated alkanes) is 1. The van der Waals surface area contributed by atoms with Gasteiger partial charge in [0.25, 0.3) is 0 Å². The van der Waals surface area contributed by atoms with Crippen LogP contribution in [0.4, 0.5) is 0 Å². The highest BCUT2D eigenvalue weighted by atomic mass is 16.5. The SMILES string of the molecule is C/C=C(\C)OC1=CC=C(c2ncc(/C=C(\C=C/CC)OCC)n2CCCC)CCC1. The van der Waals surface area contributed by atoms with Crippen molar-refractivity contribution in [2.75, 3.05) is 6.61 Å². The van der Waals surface area contributed by atoms with E-state index >= 15 is 0 Å². The standard InChI is InChI=1S/C26H38N2O2/c1-6-10-14-25(29-9-4)19-23-20-27-26(28(23)18-11-7-2)22-13-12-15-24(17-16-22)30-21(5)8-3/h8,10,14,16-17,19-20H,6-7,9,11-13,15,18H2,1-5H3/b14-10-,21-8+,25-19+. The minimum Gasteiger partial charge on any atom is -0.494 e. The van der Waals surface area contributed by atoms with Gasteiger partial charge in [-0.25, -0.2) is 4.98 Å². The second-order valence-corrected chi connectivity index (χ2v) is 7.48. The molecule has 0 amide bonds. The van der Waals surface area contributed by atoms with Gasteiger partial charge in [-0.05, 0) is 70.3 Å². The molecule has 1 aromatic rings. The first kappa shape index (κ1) is 23.8. The molecule has 1 aromatic heterocycles. The third-order valence-electron chi connectivity index (χ3n) is 5.07. The highest BCUT2D eigenvalue weighted by molar-refractivity contribution is 5.65. The molecule has 0 aliphatic heterocycles. The fourth-order valence-corrected chi connectivity index (χ4v) is 3.35. The summed E-state index contributed by atoms with van der Waals surface area (Å²) in [7, 11) is 0. The van der Waals surface area contributed by atoms with Gasteiger partial charge in [-0.3, -0.25) is 0 Å². The van der Waals surface area contributed by atoms with Crippen molar-refractivity contribution in [3.63, 3.8) is 0 Å². The lowest BCUT2D eigenvalue weighted by atomic mass is 10.1. The summed E-state index contributed by atoms with van der Waals surface area (Å²) in [6.45, 7) is 12.0. The molecule has 0 unspecified atom stereocenters. The van der Waals surface area contributed by atoms with Gasteiger partial charge in [-0.15, -0.1) is 0 Å². The Balaban J connectivity index is 2.39. The molecule has 0 N–H and O–H groups in total. The van der Waals surface area contributed by atoms with Crippen LogP contribution in [0.1, 0.15) is 84.7 Å². The van der Waals surface area contributed by atoms with E-state index in [1.165, 1.54) is 5.57 Å². The maximum Gasteiger partial charge on any atom is 0.136 e. The monoisotopic (exact) mass is 410 g/mol. The van der Waals surface area contributed by atoms with Gasteiger partial charge in [0.1, 0.15) is 17.3 Å². The molecule has 4 nitrogen and oxygen atoms in total. The summed E-state index contributed by atoms with van der Waals surface area (Å²) in [5.41, 5.74) is 2.36. The number of hydrogen-bond acceptors (Lipinski definition) is 3. The summed E-state index contributed by atoms with van der Waals surface area (Å²) in [6.07, 6.45) is 20.8. The van der Waals surface area contributed by atoms with Gasteiger partial charge in [0.15, 0.2) is 0 Å². The number of rotatable bonds is 11. The number of nitrogens with zero attached hydrogens (tertiary/aromatic N) is 2. The summed E-state index contributed by atoms with van der Waals surface area (Å²) in [6, 6.07) is 0. The molecule has 0 saturated carbocycles. The van der Waals surface area contributed by atoms with Crippen molar-refractivity contribution >= 4 is 11.6 Å². The topological polar surface area (TPSA) is 36.3 Å². The molecule has 2 rings (SSSR count). The predicted molar refractivity (Wildman–Crippen MR) is 127 cm³/mol. The van der Waals surface area contributed by atoms with Crippen molar-refractivity contribution in [3.8, 4) is 0 Å². The van der Waals surface area contributed by atoms with Crippen molar-refractivity contribution in [2.24, 2.45) is 0 Å². The van der Waals surface area contributed by atoms with Gasteiger partial charge in [0.05, 0.1) is 24.3 Å². The van der Waals surface area contributed by atoms with Gasteiger partial charge in [-0.1, -0.05) is 32.4 Å². The van der Waals surface area contributed by atoms with Gasteiger partial charge in [0, 0.05) is 19.0 Å². The van der Waals surface area contributed by atoms with Crippen molar-refractivity contribution in [2.45, 2.75) is 79.7 Å². The molecular formula is C26H38N2O2. The van der Waals surface area contributed by atoms with Crippen LogP contribution in [0.2, 0.25) is 0 Å². The number of ether oxygens (including phenoxy) is 2. The van der Waals surface area contributed by atoms with Crippen LogP contribution in [0.15, 0.2) is 53.9 Å². The Morgan fingerprint density at radius 3 is 2.73 bits per heavy atom. The van der Waals surface area contributed by atoms with E-state index < -0.39 is 0 Å². The van der Waals surface area contributed by atoms with E-state index in [2.05, 4.69) is 48.8 Å². The van der Waals surface area contributed by atoms with E-state index in [1.807, 2.05) is 33.0 Å². The summed E-state index contributed by atoms with van der Waals surface area (Å²) < 4.78 is 14.1. The van der Waals surface area contributed by atoms with Crippen molar-refractivity contribution in [3.05, 3.63) is 65.4 Å². The lowest BCUT2D eigenvalue weighted by Crippen LogP contribution is -2.06. The van der Waals surface area contributed by atoms with Crippen LogP contribution in [0.25, 0.3) is 11.6 Å². The molecule has 1 aliphatic carbocycles. The molecule has 0 atom stereocenters. The third-order valence-corrected chi connectivity index (χ3v) is 5.07. The number of imidazole rings is 1. The van der Waals surface area contributed by atoms with Crippen LogP contribution in [0.5, 0.6) is 0 Å². The molecule has 1 heterocycles. The fourth-order valence-electron chi connectivity index (χ4n) is 3.35. The largest absolute Gasteiger partial charge is 0.494 e. The maximum absolute atomic E-state index is 5.94. The zero-order valence-electron chi connectivity index (χ0n) is 19.4. The van der Waals surface area contributed by atoms with Crippen LogP contribution in [-0.2, 0) is 16.0 Å². The van der Waals surface area contributed by atoms with Gasteiger partial charge >= 0.3 is 0 Å². The number of allylic oxidation sites excluding steroid dienone is 8. The lowest BCUT2D eigenvalue weighted by molar-refractivity contribution is 0.245. The molecule has 0 spiro atoms. The van der Waals surface area contributed by atoms with E-state index in [0.717, 1.165) is 73.9 Å². The zero-order valence-corrected chi connectivity index (χ0v) is 19.4. The molecule has 164 valence electrons. The normalized spacial score (nSPS) is 15.8. The first-order valence-electron chi connectivity index (χ1n) is 11.4. The minimum absolute atomic E-state index is 0.653. The Hall–Kier alpha value is -2.49. The molecule has 1 aliphatic rings. The van der Waals surface area contributed by atoms with Crippen molar-refractivity contribution < 1.29 is 9.47 Å². The van der Waals surface area contributed by atoms with Gasteiger partial charge in [-0.2, -0.15) is 0 Å². The molecule has 0 radical (unpaired) electrons. The van der Waals surface area contributed by atoms with Crippen LogP contribution in [-0.4, -0.2) is 16.2 Å². The Morgan fingerprint density at radius 2 is 2.03 bits per heavy atom. The van der Waals surface area contributed by atoms with Crippen LogP contribution in [0.3, 0.4) is 0 Å². The molecule has 0 fully saturated rings. The van der Waals surface area contributed by atoms with E-state index in [1.54, 1.807) is 0 Å². The van der Waals surface area contributed by atoms with E-state index in [4.69, 9.17) is 14.5 Å². The summed E-state index contributed by atoms with van der Waals surface area (Å²) >= 11 is 0. The Kier molecular flexibility index (Phi) is 10.3. The van der Waals surface area contributed by atoms with Crippen molar-refractivity contribution in [1.29, 1.82) is 0 Å². The quantitative estimate of drug-likeness (QED) is 0.281. The Morgan fingerprint density at radius 1 is 1.20 bits per heavy atom. The van der Waals surface area contributed by atoms with Gasteiger partial charge < -0.3 is 14.0 Å². The first-order chi connectivity index (χ1) is 14.6. The van der Waals surface area contributed by atoms with Crippen molar-refractivity contribution in [1.82, 2.24) is 9.55 Å². The lowest BCUT2D eigenvalue weighted by Gasteiger charge is -2.12. The Bertz CT molecular complexity index is 822. The molecular weight excluding hydrogens is 372 g/mol. The Labute approximate surface area is 182 Å². The number of aromatic nitrogens is 2. The smallest absolute Gasteiger partial charge is 0.136 e. The highest BCUT2D eigenvalue weighted by Gasteiger charge is 2.15. The fraction of sp³-hybridized carbons (Fsp3) is 0.500. The highest BCUT2D eigenvalue weighted by Crippen LogP contribution is 2.28. The summed E-state index contributed by atoms with van der Waals surface area (Å²) in [5, 5.41) is 0. The second-order valence-electron chi connectivity index (χ2n) is 7.48. The van der Waals surface area contributed by atoms with Crippen LogP contribution >= 0.6 is 0 Å². The average Bonchev–Trinajstić information content (AvgIpc) is 2.99. The third kappa shape index (κ3) is 7.08. The first-order valence-corrected chi connectivity index (χ1v) is 11.4. The maximum atomic E-state index is 5.94. The van der Waals surface area contributed by atoms with E-state index in [0.29, 0.717) is 6.61 Å². The van der Waals surface area contributed by atoms with E-state index in [9.17, 15) is 0 Å². The number of hydrogen-bond donors (Lipinski definition) is 0. The minimum atomic E-state index is 0.653.